The normalized spacial score (nSPS) is 20.8. The molecule has 1 heterocycles. The van der Waals surface area contributed by atoms with Gasteiger partial charge in [0.2, 0.25) is 5.91 Å². The standard InChI is InChI=1S/C22H23N3O3S/c26-22(16-10-11-16)23-17-12-13-19-20(14-17)29(27,28)24-21(15-6-4-5-7-15)25(19)18-8-2-1-3-9-18/h1-3,8-9,12-16H,4-7,10-11H2,(H,23,26). The van der Waals surface area contributed by atoms with Crippen LogP contribution in [0.4, 0.5) is 17.1 Å². The van der Waals surface area contributed by atoms with Crippen LogP contribution in [-0.2, 0) is 14.8 Å². The van der Waals surface area contributed by atoms with Crippen LogP contribution in [0.2, 0.25) is 0 Å². The Hall–Kier alpha value is -2.67. The predicted octanol–water partition coefficient (Wildman–Crippen LogP) is 4.46. The Morgan fingerprint density at radius 1 is 1.00 bits per heavy atom. The first-order valence-corrected chi connectivity index (χ1v) is 11.6. The summed E-state index contributed by atoms with van der Waals surface area (Å²) in [7, 11) is -3.84. The highest BCUT2D eigenvalue weighted by molar-refractivity contribution is 7.90. The Morgan fingerprint density at radius 2 is 1.72 bits per heavy atom. The maximum atomic E-state index is 13.1. The van der Waals surface area contributed by atoms with Crippen molar-refractivity contribution in [1.82, 2.24) is 0 Å². The van der Waals surface area contributed by atoms with Crippen molar-refractivity contribution in [3.8, 4) is 0 Å². The predicted molar refractivity (Wildman–Crippen MR) is 113 cm³/mol. The first-order chi connectivity index (χ1) is 14.0. The number of benzene rings is 2. The average Bonchev–Trinajstić information content (AvgIpc) is 3.43. The summed E-state index contributed by atoms with van der Waals surface area (Å²) in [5.41, 5.74) is 1.98. The van der Waals surface area contributed by atoms with Crippen LogP contribution in [0.3, 0.4) is 0 Å². The number of carbonyl (C=O) groups is 1. The molecule has 1 N–H and O–H groups in total. The third-order valence-electron chi connectivity index (χ3n) is 5.87. The molecule has 5 rings (SSSR count). The Kier molecular flexibility index (Phi) is 4.42. The lowest BCUT2D eigenvalue weighted by molar-refractivity contribution is -0.117. The van der Waals surface area contributed by atoms with Gasteiger partial charge in [0.25, 0.3) is 10.0 Å². The SMILES string of the molecule is O=C(Nc1ccc2c(c1)S(=O)(=O)N=C(C1CCCC1)N2c1ccccc1)C1CC1. The molecule has 1 amide bonds. The second-order valence-electron chi connectivity index (χ2n) is 8.02. The molecule has 2 aromatic carbocycles. The van der Waals surface area contributed by atoms with Gasteiger partial charge in [-0.15, -0.1) is 4.40 Å². The van der Waals surface area contributed by atoms with Crippen molar-refractivity contribution in [1.29, 1.82) is 0 Å². The first-order valence-electron chi connectivity index (χ1n) is 10.2. The second kappa shape index (κ2) is 6.99. The average molecular weight is 410 g/mol. The van der Waals surface area contributed by atoms with Crippen molar-refractivity contribution in [2.24, 2.45) is 16.2 Å². The Balaban J connectivity index is 1.61. The molecule has 0 atom stereocenters. The van der Waals surface area contributed by atoms with E-state index in [9.17, 15) is 13.2 Å². The minimum absolute atomic E-state index is 0.0479. The molecule has 0 radical (unpaired) electrons. The van der Waals surface area contributed by atoms with Gasteiger partial charge in [-0.05, 0) is 56.0 Å². The number of sulfonamides is 1. The fraction of sp³-hybridized carbons (Fsp3) is 0.364. The van der Waals surface area contributed by atoms with Crippen molar-refractivity contribution in [2.75, 3.05) is 10.2 Å². The van der Waals surface area contributed by atoms with E-state index in [1.165, 1.54) is 6.07 Å². The molecule has 29 heavy (non-hydrogen) atoms. The Labute approximate surface area is 170 Å². The van der Waals surface area contributed by atoms with E-state index < -0.39 is 10.0 Å². The molecule has 6 nitrogen and oxygen atoms in total. The van der Waals surface area contributed by atoms with Gasteiger partial charge in [0.05, 0.1) is 5.69 Å². The molecule has 0 aromatic heterocycles. The molecule has 7 heteroatoms. The van der Waals surface area contributed by atoms with Gasteiger partial charge in [-0.25, -0.2) is 0 Å². The largest absolute Gasteiger partial charge is 0.326 e. The molecular weight excluding hydrogens is 386 g/mol. The zero-order valence-corrected chi connectivity index (χ0v) is 16.9. The van der Waals surface area contributed by atoms with Crippen LogP contribution >= 0.6 is 0 Å². The summed E-state index contributed by atoms with van der Waals surface area (Å²) in [6.07, 6.45) is 5.86. The number of amidine groups is 1. The zero-order chi connectivity index (χ0) is 20.0. The van der Waals surface area contributed by atoms with Crippen molar-refractivity contribution in [3.63, 3.8) is 0 Å². The van der Waals surface area contributed by atoms with E-state index in [-0.39, 0.29) is 22.6 Å². The summed E-state index contributed by atoms with van der Waals surface area (Å²) >= 11 is 0. The van der Waals surface area contributed by atoms with E-state index >= 15 is 0 Å². The van der Waals surface area contributed by atoms with Crippen molar-refractivity contribution in [2.45, 2.75) is 43.4 Å². The number of fused-ring (bicyclic) bond motifs is 1. The summed E-state index contributed by atoms with van der Waals surface area (Å²) in [6, 6.07) is 14.9. The van der Waals surface area contributed by atoms with E-state index in [1.54, 1.807) is 12.1 Å². The van der Waals surface area contributed by atoms with Crippen LogP contribution in [0, 0.1) is 11.8 Å². The number of amides is 1. The van der Waals surface area contributed by atoms with Crippen LogP contribution in [0.5, 0.6) is 0 Å². The van der Waals surface area contributed by atoms with E-state index in [1.807, 2.05) is 35.2 Å². The van der Waals surface area contributed by atoms with Gasteiger partial charge in [0.15, 0.2) is 0 Å². The molecular formula is C22H23N3O3S. The molecule has 2 saturated carbocycles. The molecule has 2 aromatic rings. The summed E-state index contributed by atoms with van der Waals surface area (Å²) in [6.45, 7) is 0. The molecule has 1 aliphatic heterocycles. The number of nitrogens with zero attached hydrogens (tertiary/aromatic N) is 2. The van der Waals surface area contributed by atoms with E-state index in [4.69, 9.17) is 0 Å². The number of rotatable bonds is 4. The summed E-state index contributed by atoms with van der Waals surface area (Å²) in [4.78, 5) is 14.2. The second-order valence-corrected chi connectivity index (χ2v) is 9.60. The molecule has 3 aliphatic rings. The van der Waals surface area contributed by atoms with Crippen LogP contribution < -0.4 is 10.2 Å². The third kappa shape index (κ3) is 3.44. The Bertz CT molecular complexity index is 1090. The Morgan fingerprint density at radius 3 is 2.41 bits per heavy atom. The van der Waals surface area contributed by atoms with Gasteiger partial charge in [-0.1, -0.05) is 31.0 Å². The molecule has 0 unspecified atom stereocenters. The molecule has 2 fully saturated rings. The first kappa shape index (κ1) is 18.4. The minimum atomic E-state index is -3.84. The number of anilines is 3. The molecule has 150 valence electrons. The lowest BCUT2D eigenvalue weighted by Gasteiger charge is -2.33. The summed E-state index contributed by atoms with van der Waals surface area (Å²) in [5, 5.41) is 2.84. The van der Waals surface area contributed by atoms with Gasteiger partial charge < -0.3 is 5.32 Å². The van der Waals surface area contributed by atoms with Gasteiger partial charge in [0.1, 0.15) is 10.7 Å². The van der Waals surface area contributed by atoms with Crippen LogP contribution in [0.25, 0.3) is 0 Å². The van der Waals surface area contributed by atoms with Crippen LogP contribution in [0.1, 0.15) is 38.5 Å². The van der Waals surface area contributed by atoms with Gasteiger partial charge in [-0.3, -0.25) is 9.69 Å². The molecule has 0 spiro atoms. The molecule has 2 aliphatic carbocycles. The number of hydrogen-bond donors (Lipinski definition) is 1. The third-order valence-corrected chi connectivity index (χ3v) is 7.18. The van der Waals surface area contributed by atoms with Crippen molar-refractivity contribution >= 4 is 38.8 Å². The summed E-state index contributed by atoms with van der Waals surface area (Å²) in [5.74, 6) is 0.743. The van der Waals surface area contributed by atoms with Crippen molar-refractivity contribution < 1.29 is 13.2 Å². The highest BCUT2D eigenvalue weighted by Crippen LogP contribution is 2.42. The quantitative estimate of drug-likeness (QED) is 0.808. The van der Waals surface area contributed by atoms with E-state index in [0.717, 1.165) is 44.2 Å². The fourth-order valence-electron chi connectivity index (χ4n) is 4.20. The maximum absolute atomic E-state index is 13.1. The van der Waals surface area contributed by atoms with Crippen LogP contribution in [0.15, 0.2) is 57.8 Å². The minimum Gasteiger partial charge on any atom is -0.326 e. The number of para-hydroxylation sites is 1. The van der Waals surface area contributed by atoms with Crippen molar-refractivity contribution in [3.05, 3.63) is 48.5 Å². The monoisotopic (exact) mass is 409 g/mol. The summed E-state index contributed by atoms with van der Waals surface area (Å²) < 4.78 is 30.4. The maximum Gasteiger partial charge on any atom is 0.286 e. The lowest BCUT2D eigenvalue weighted by Crippen LogP contribution is -2.36. The fourth-order valence-corrected chi connectivity index (χ4v) is 5.47. The highest BCUT2D eigenvalue weighted by Gasteiger charge is 2.37. The topological polar surface area (TPSA) is 78.8 Å². The molecule has 0 saturated heterocycles. The number of nitrogens with one attached hydrogen (secondary N) is 1. The smallest absolute Gasteiger partial charge is 0.286 e. The van der Waals surface area contributed by atoms with E-state index in [0.29, 0.717) is 17.2 Å². The highest BCUT2D eigenvalue weighted by atomic mass is 32.2. The van der Waals surface area contributed by atoms with Gasteiger partial charge in [-0.2, -0.15) is 8.42 Å². The molecule has 0 bridgehead atoms. The van der Waals surface area contributed by atoms with E-state index in [2.05, 4.69) is 9.71 Å². The number of carbonyl (C=O) groups excluding carboxylic acids is 1. The van der Waals surface area contributed by atoms with Gasteiger partial charge >= 0.3 is 0 Å². The lowest BCUT2D eigenvalue weighted by atomic mass is 10.0. The number of hydrogen-bond acceptors (Lipinski definition) is 4. The zero-order valence-electron chi connectivity index (χ0n) is 16.0. The van der Waals surface area contributed by atoms with Gasteiger partial charge in [0, 0.05) is 23.2 Å². The van der Waals surface area contributed by atoms with Crippen LogP contribution in [-0.4, -0.2) is 20.2 Å².